The molecule has 2 heterocycles. The molecule has 30 heavy (non-hydrogen) atoms. The number of fused-ring (bicyclic) bond motifs is 2. The number of amides is 1. The molecule has 0 aliphatic rings. The first-order chi connectivity index (χ1) is 14.6. The van der Waals surface area contributed by atoms with Crippen molar-refractivity contribution in [3.05, 3.63) is 64.7 Å². The summed E-state index contributed by atoms with van der Waals surface area (Å²) >= 11 is 0. The number of rotatable bonds is 8. The molecule has 0 spiro atoms. The summed E-state index contributed by atoms with van der Waals surface area (Å²) in [4.78, 5) is 29.1. The summed E-state index contributed by atoms with van der Waals surface area (Å²) in [7, 11) is 2.01. The van der Waals surface area contributed by atoms with Crippen LogP contribution in [0.2, 0.25) is 0 Å². The first kappa shape index (κ1) is 19.8. The zero-order chi connectivity index (χ0) is 20.9. The lowest BCUT2D eigenvalue weighted by Crippen LogP contribution is -2.27. The van der Waals surface area contributed by atoms with Crippen LogP contribution in [0.1, 0.15) is 25.1 Å². The third-order valence-corrected chi connectivity index (χ3v) is 5.18. The third-order valence-electron chi connectivity index (χ3n) is 5.18. The standard InChI is InChI=1S/C22H24N6O2/c1-27-19-11-5-4-10-18(19)24-20(27)12-6-14-23-21(29)13-7-15-28-22(30)16-8-2-3-9-17(16)25-26-28/h2-5,8-11H,6-7,12-15H2,1H3,(H,23,29). The molecule has 8 heteroatoms. The lowest BCUT2D eigenvalue weighted by Gasteiger charge is -2.07. The van der Waals surface area contributed by atoms with Crippen molar-refractivity contribution in [2.24, 2.45) is 7.05 Å². The van der Waals surface area contributed by atoms with E-state index in [1.165, 1.54) is 4.68 Å². The van der Waals surface area contributed by atoms with Gasteiger partial charge in [-0.1, -0.05) is 29.5 Å². The van der Waals surface area contributed by atoms with E-state index in [1.807, 2.05) is 31.3 Å². The Morgan fingerprint density at radius 3 is 2.63 bits per heavy atom. The molecule has 1 amide bonds. The van der Waals surface area contributed by atoms with E-state index >= 15 is 0 Å². The molecule has 2 aromatic carbocycles. The topological polar surface area (TPSA) is 94.7 Å². The van der Waals surface area contributed by atoms with Crippen LogP contribution in [0.15, 0.2) is 53.3 Å². The van der Waals surface area contributed by atoms with Crippen LogP contribution in [-0.4, -0.2) is 37.0 Å². The van der Waals surface area contributed by atoms with Gasteiger partial charge in [0.15, 0.2) is 0 Å². The van der Waals surface area contributed by atoms with E-state index in [-0.39, 0.29) is 11.5 Å². The van der Waals surface area contributed by atoms with Crippen LogP contribution in [0.4, 0.5) is 0 Å². The summed E-state index contributed by atoms with van der Waals surface area (Å²) in [6.07, 6.45) is 2.49. The number of imidazole rings is 1. The average Bonchev–Trinajstić information content (AvgIpc) is 3.09. The number of para-hydroxylation sites is 2. The molecule has 0 unspecified atom stereocenters. The van der Waals surface area contributed by atoms with Gasteiger partial charge in [-0.3, -0.25) is 9.59 Å². The van der Waals surface area contributed by atoms with Gasteiger partial charge in [0, 0.05) is 33.0 Å². The van der Waals surface area contributed by atoms with Crippen LogP contribution in [0.25, 0.3) is 21.9 Å². The number of benzene rings is 2. The highest BCUT2D eigenvalue weighted by Gasteiger charge is 2.08. The molecule has 0 atom stereocenters. The zero-order valence-corrected chi connectivity index (χ0v) is 16.9. The second-order valence-electron chi connectivity index (χ2n) is 7.27. The van der Waals surface area contributed by atoms with E-state index in [0.717, 1.165) is 29.7 Å². The van der Waals surface area contributed by atoms with Crippen molar-refractivity contribution in [3.8, 4) is 0 Å². The number of hydrogen-bond acceptors (Lipinski definition) is 5. The van der Waals surface area contributed by atoms with Crippen LogP contribution < -0.4 is 10.9 Å². The van der Waals surface area contributed by atoms with Gasteiger partial charge in [-0.15, -0.1) is 5.10 Å². The fourth-order valence-electron chi connectivity index (χ4n) is 3.54. The van der Waals surface area contributed by atoms with E-state index in [9.17, 15) is 9.59 Å². The molecule has 154 valence electrons. The van der Waals surface area contributed by atoms with Gasteiger partial charge in [-0.2, -0.15) is 0 Å². The van der Waals surface area contributed by atoms with Crippen molar-refractivity contribution in [2.75, 3.05) is 6.54 Å². The summed E-state index contributed by atoms with van der Waals surface area (Å²) in [6.45, 7) is 0.960. The number of aromatic nitrogens is 5. The average molecular weight is 404 g/mol. The largest absolute Gasteiger partial charge is 0.356 e. The van der Waals surface area contributed by atoms with Crippen molar-refractivity contribution in [1.29, 1.82) is 0 Å². The minimum Gasteiger partial charge on any atom is -0.356 e. The maximum atomic E-state index is 12.4. The van der Waals surface area contributed by atoms with E-state index in [1.54, 1.807) is 18.2 Å². The van der Waals surface area contributed by atoms with Crippen LogP contribution in [0.3, 0.4) is 0 Å². The Balaban J connectivity index is 1.21. The fraction of sp³-hybridized carbons (Fsp3) is 0.318. The number of carbonyl (C=O) groups is 1. The highest BCUT2D eigenvalue weighted by molar-refractivity contribution is 5.77. The molecule has 0 saturated carbocycles. The predicted molar refractivity (Wildman–Crippen MR) is 115 cm³/mol. The van der Waals surface area contributed by atoms with Crippen molar-refractivity contribution in [2.45, 2.75) is 32.2 Å². The summed E-state index contributed by atoms with van der Waals surface area (Å²) in [5.41, 5.74) is 2.51. The number of nitrogens with one attached hydrogen (secondary N) is 1. The van der Waals surface area contributed by atoms with Crippen LogP contribution in [0, 0.1) is 0 Å². The lowest BCUT2D eigenvalue weighted by molar-refractivity contribution is -0.121. The molecule has 0 bridgehead atoms. The Labute approximate surface area is 173 Å². The Kier molecular flexibility index (Phi) is 5.83. The monoisotopic (exact) mass is 404 g/mol. The SMILES string of the molecule is Cn1c(CCCNC(=O)CCCn2nnc3ccccc3c2=O)nc2ccccc21. The fourth-order valence-corrected chi connectivity index (χ4v) is 3.54. The quantitative estimate of drug-likeness (QED) is 0.454. The van der Waals surface area contributed by atoms with Crippen LogP contribution in [0.5, 0.6) is 0 Å². The van der Waals surface area contributed by atoms with Crippen LogP contribution >= 0.6 is 0 Å². The molecule has 0 saturated heterocycles. The molecule has 8 nitrogen and oxygen atoms in total. The zero-order valence-electron chi connectivity index (χ0n) is 16.9. The van der Waals surface area contributed by atoms with Gasteiger partial charge in [-0.05, 0) is 37.1 Å². The molecule has 0 fully saturated rings. The summed E-state index contributed by atoms with van der Waals surface area (Å²) in [5.74, 6) is 0.988. The molecule has 2 aromatic heterocycles. The van der Waals surface area contributed by atoms with E-state index < -0.39 is 0 Å². The number of carbonyl (C=O) groups excluding carboxylic acids is 1. The summed E-state index contributed by atoms with van der Waals surface area (Å²) in [6, 6.07) is 15.2. The smallest absolute Gasteiger partial charge is 0.277 e. The van der Waals surface area contributed by atoms with E-state index in [2.05, 4.69) is 31.2 Å². The van der Waals surface area contributed by atoms with Gasteiger partial charge in [0.1, 0.15) is 11.3 Å². The molecule has 1 N–H and O–H groups in total. The molecule has 4 rings (SSSR count). The van der Waals surface area contributed by atoms with Gasteiger partial charge in [0.2, 0.25) is 5.91 Å². The Hall–Kier alpha value is -3.55. The van der Waals surface area contributed by atoms with Gasteiger partial charge in [0.05, 0.1) is 16.4 Å². The predicted octanol–water partition coefficient (Wildman–Crippen LogP) is 2.21. The second kappa shape index (κ2) is 8.86. The molecule has 4 aromatic rings. The second-order valence-corrected chi connectivity index (χ2v) is 7.27. The minimum absolute atomic E-state index is 0.0261. The first-order valence-corrected chi connectivity index (χ1v) is 10.1. The molecule has 0 aliphatic heterocycles. The van der Waals surface area contributed by atoms with Crippen molar-refractivity contribution in [3.63, 3.8) is 0 Å². The van der Waals surface area contributed by atoms with Crippen molar-refractivity contribution < 1.29 is 4.79 Å². The molecular formula is C22H24N6O2. The number of aryl methyl sites for hydroxylation is 3. The van der Waals surface area contributed by atoms with Gasteiger partial charge in [0.25, 0.3) is 5.56 Å². The maximum absolute atomic E-state index is 12.4. The summed E-state index contributed by atoms with van der Waals surface area (Å²) < 4.78 is 3.42. The van der Waals surface area contributed by atoms with Crippen molar-refractivity contribution >= 4 is 27.8 Å². The van der Waals surface area contributed by atoms with Gasteiger partial charge < -0.3 is 9.88 Å². The molecular weight excluding hydrogens is 380 g/mol. The number of hydrogen-bond donors (Lipinski definition) is 1. The normalized spacial score (nSPS) is 11.2. The molecule has 0 aliphatic carbocycles. The Morgan fingerprint density at radius 2 is 1.80 bits per heavy atom. The maximum Gasteiger partial charge on any atom is 0.277 e. The van der Waals surface area contributed by atoms with E-state index in [4.69, 9.17) is 0 Å². The Bertz CT molecular complexity index is 1240. The first-order valence-electron chi connectivity index (χ1n) is 10.1. The van der Waals surface area contributed by atoms with Gasteiger partial charge >= 0.3 is 0 Å². The highest BCUT2D eigenvalue weighted by Crippen LogP contribution is 2.15. The minimum atomic E-state index is -0.177. The molecule has 0 radical (unpaired) electrons. The highest BCUT2D eigenvalue weighted by atomic mass is 16.1. The van der Waals surface area contributed by atoms with Gasteiger partial charge in [-0.25, -0.2) is 9.67 Å². The van der Waals surface area contributed by atoms with Crippen molar-refractivity contribution in [1.82, 2.24) is 29.9 Å². The van der Waals surface area contributed by atoms with E-state index in [0.29, 0.717) is 36.8 Å². The summed E-state index contributed by atoms with van der Waals surface area (Å²) in [5, 5.41) is 11.5. The third kappa shape index (κ3) is 4.22. The lowest BCUT2D eigenvalue weighted by atomic mass is 10.2. The van der Waals surface area contributed by atoms with Crippen LogP contribution in [-0.2, 0) is 24.8 Å². The number of nitrogens with zero attached hydrogens (tertiary/aromatic N) is 5. The Morgan fingerprint density at radius 1 is 1.03 bits per heavy atom.